The van der Waals surface area contributed by atoms with Crippen LogP contribution in [-0.2, 0) is 29.0 Å². The predicted octanol–water partition coefficient (Wildman–Crippen LogP) is 3.01. The molecule has 4 atom stereocenters. The molecule has 0 saturated carbocycles. The molecule has 45 heavy (non-hydrogen) atoms. The van der Waals surface area contributed by atoms with Gasteiger partial charge in [-0.05, 0) is 73.4 Å². The molecule has 1 aromatic carbocycles. The van der Waals surface area contributed by atoms with E-state index >= 15 is 0 Å². The van der Waals surface area contributed by atoms with Gasteiger partial charge in [0.2, 0.25) is 5.91 Å². The number of piperidine rings is 1. The maximum Gasteiger partial charge on any atom is 0.252 e. The summed E-state index contributed by atoms with van der Waals surface area (Å²) in [5.74, 6) is -0.939. The van der Waals surface area contributed by atoms with Crippen molar-refractivity contribution < 1.29 is 19.8 Å². The Hall–Kier alpha value is -3.31. The summed E-state index contributed by atoms with van der Waals surface area (Å²) in [6.45, 7) is 7.54. The minimum absolute atomic E-state index is 0.156. The normalized spacial score (nSPS) is 24.6. The van der Waals surface area contributed by atoms with Crippen LogP contribution < -0.4 is 0 Å². The van der Waals surface area contributed by atoms with Crippen LogP contribution in [0.25, 0.3) is 0 Å². The van der Waals surface area contributed by atoms with E-state index in [2.05, 4.69) is 22.0 Å². The molecular formula is C34H43ClN6O4. The Morgan fingerprint density at radius 1 is 1.11 bits per heavy atom. The summed E-state index contributed by atoms with van der Waals surface area (Å²) < 4.78 is 1.86. The van der Waals surface area contributed by atoms with E-state index in [9.17, 15) is 19.8 Å². The first-order valence-electron chi connectivity index (χ1n) is 16.0. The summed E-state index contributed by atoms with van der Waals surface area (Å²) in [5, 5.41) is 23.1. The number of hydrogen-bond donors (Lipinski definition) is 2. The number of carbonyl (C=O) groups is 2. The summed E-state index contributed by atoms with van der Waals surface area (Å²) in [6.07, 6.45) is 7.04. The largest absolute Gasteiger partial charge is 0.386 e. The van der Waals surface area contributed by atoms with Crippen LogP contribution in [0.1, 0.15) is 60.8 Å². The number of fused-ring (bicyclic) bond motifs is 2. The lowest BCUT2D eigenvalue weighted by atomic mass is 9.91. The molecule has 0 radical (unpaired) electrons. The molecule has 2 amide bonds. The number of carbonyl (C=O) groups excluding carboxylic acids is 2. The quantitative estimate of drug-likeness (QED) is 0.428. The third-order valence-electron chi connectivity index (χ3n) is 9.58. The zero-order chi connectivity index (χ0) is 31.9. The van der Waals surface area contributed by atoms with Gasteiger partial charge >= 0.3 is 0 Å². The number of imidazole rings is 1. The molecular weight excluding hydrogens is 592 g/mol. The highest BCUT2D eigenvalue weighted by molar-refractivity contribution is 6.30. The number of rotatable bonds is 6. The second-order valence-corrected chi connectivity index (χ2v) is 13.7. The Morgan fingerprint density at radius 3 is 2.67 bits per heavy atom. The number of likely N-dealkylation sites (tertiary alicyclic amines) is 1. The number of β-amino-alcohol motifs (C(OH)–C–C–N with tert-alkyl or cyclic N) is 1. The topological polar surface area (TPSA) is 115 Å². The molecule has 2 saturated heterocycles. The van der Waals surface area contributed by atoms with Gasteiger partial charge in [-0.2, -0.15) is 0 Å². The van der Waals surface area contributed by atoms with Gasteiger partial charge in [0.25, 0.3) is 5.91 Å². The lowest BCUT2D eigenvalue weighted by molar-refractivity contribution is -0.159. The summed E-state index contributed by atoms with van der Waals surface area (Å²) in [7, 11) is 0. The standard InChI is InChI=1S/C34H43ClN6O4/c1-22(2)31(42)33(44)41-15-14-39(30-27-10-9-26(35)16-25(27)8-7-24-6-4-12-36-29(24)30)18-28(41)32(43)40-13-5-11-34(45,20-40)19-38-17-23(3)37-21-38/h4,6,9-10,12,16-17,21-22,28,30-31,42,45H,5,7-8,11,13-15,18-20H2,1-3H3/t28-,30+,31?,34?/m1/s1. The highest BCUT2D eigenvalue weighted by Gasteiger charge is 2.45. The van der Waals surface area contributed by atoms with Crippen LogP contribution >= 0.6 is 11.6 Å². The molecule has 2 aromatic heterocycles. The van der Waals surface area contributed by atoms with Gasteiger partial charge in [0.15, 0.2) is 0 Å². The Balaban J connectivity index is 1.33. The van der Waals surface area contributed by atoms with Crippen LogP contribution in [-0.4, -0.2) is 102 Å². The number of aromatic nitrogens is 3. The molecule has 0 spiro atoms. The van der Waals surface area contributed by atoms with E-state index in [1.807, 2.05) is 42.1 Å². The average Bonchev–Trinajstić information content (AvgIpc) is 3.35. The van der Waals surface area contributed by atoms with E-state index < -0.39 is 23.7 Å². The van der Waals surface area contributed by atoms with Gasteiger partial charge in [-0.1, -0.05) is 37.6 Å². The maximum atomic E-state index is 14.5. The molecule has 240 valence electrons. The highest BCUT2D eigenvalue weighted by atomic mass is 35.5. The van der Waals surface area contributed by atoms with Gasteiger partial charge in [0, 0.05) is 43.6 Å². The van der Waals surface area contributed by atoms with Gasteiger partial charge in [0.1, 0.15) is 17.7 Å². The fourth-order valence-electron chi connectivity index (χ4n) is 7.26. The van der Waals surface area contributed by atoms with Crippen molar-refractivity contribution in [2.24, 2.45) is 5.92 Å². The van der Waals surface area contributed by atoms with Crippen molar-refractivity contribution in [1.29, 1.82) is 0 Å². The SMILES string of the molecule is Cc1cn(CC2(O)CCCN(C(=O)[C@H]3CN([C@H]4c5ccc(Cl)cc5CCc5cccnc54)CCN3C(=O)C(O)C(C)C)C2)cn1. The number of hydrogen-bond acceptors (Lipinski definition) is 7. The first-order valence-corrected chi connectivity index (χ1v) is 16.3. The Morgan fingerprint density at radius 2 is 1.91 bits per heavy atom. The summed E-state index contributed by atoms with van der Waals surface area (Å²) in [4.78, 5) is 42.8. The van der Waals surface area contributed by atoms with E-state index in [4.69, 9.17) is 16.6 Å². The van der Waals surface area contributed by atoms with Gasteiger partial charge in [0.05, 0.1) is 36.8 Å². The van der Waals surface area contributed by atoms with Crippen molar-refractivity contribution in [2.75, 3.05) is 32.7 Å². The van der Waals surface area contributed by atoms with E-state index in [1.165, 1.54) is 0 Å². The van der Waals surface area contributed by atoms with Crippen LogP contribution in [0, 0.1) is 12.8 Å². The molecule has 1 aliphatic carbocycles. The zero-order valence-corrected chi connectivity index (χ0v) is 27.0. The number of nitrogens with zero attached hydrogens (tertiary/aromatic N) is 6. The van der Waals surface area contributed by atoms with Gasteiger partial charge in [-0.15, -0.1) is 0 Å². The first kappa shape index (κ1) is 31.7. The van der Waals surface area contributed by atoms with Crippen LogP contribution in [0.2, 0.25) is 5.02 Å². The van der Waals surface area contributed by atoms with Crippen molar-refractivity contribution >= 4 is 23.4 Å². The monoisotopic (exact) mass is 634 g/mol. The lowest BCUT2D eigenvalue weighted by Crippen LogP contribution is -2.65. The molecule has 4 heterocycles. The number of aliphatic hydroxyl groups is 2. The van der Waals surface area contributed by atoms with Crippen LogP contribution in [0.4, 0.5) is 0 Å². The van der Waals surface area contributed by atoms with Crippen molar-refractivity contribution in [3.8, 4) is 0 Å². The lowest BCUT2D eigenvalue weighted by Gasteiger charge is -2.47. The molecule has 11 heteroatoms. The van der Waals surface area contributed by atoms with Crippen molar-refractivity contribution in [2.45, 2.75) is 76.8 Å². The van der Waals surface area contributed by atoms with Gasteiger partial charge < -0.3 is 24.6 Å². The van der Waals surface area contributed by atoms with Crippen LogP contribution in [0.15, 0.2) is 49.1 Å². The zero-order valence-electron chi connectivity index (χ0n) is 26.3. The average molecular weight is 635 g/mol. The molecule has 2 N–H and O–H groups in total. The van der Waals surface area contributed by atoms with E-state index in [-0.39, 0.29) is 37.5 Å². The number of aliphatic hydroxyl groups excluding tert-OH is 1. The van der Waals surface area contributed by atoms with E-state index in [1.54, 1.807) is 30.0 Å². The number of aryl methyl sites for hydroxylation is 3. The molecule has 3 aromatic rings. The van der Waals surface area contributed by atoms with Crippen molar-refractivity contribution in [3.63, 3.8) is 0 Å². The Kier molecular flexibility index (Phi) is 9.03. The fourth-order valence-corrected chi connectivity index (χ4v) is 7.45. The smallest absolute Gasteiger partial charge is 0.252 e. The van der Waals surface area contributed by atoms with Gasteiger partial charge in [-0.25, -0.2) is 4.98 Å². The summed E-state index contributed by atoms with van der Waals surface area (Å²) >= 11 is 6.44. The first-order chi connectivity index (χ1) is 21.5. The molecule has 2 fully saturated rings. The predicted molar refractivity (Wildman–Crippen MR) is 171 cm³/mol. The van der Waals surface area contributed by atoms with Crippen molar-refractivity contribution in [1.82, 2.24) is 29.2 Å². The second-order valence-electron chi connectivity index (χ2n) is 13.3. The molecule has 10 nitrogen and oxygen atoms in total. The molecule has 3 aliphatic rings. The van der Waals surface area contributed by atoms with E-state index in [0.717, 1.165) is 40.9 Å². The molecule has 0 bridgehead atoms. The highest BCUT2D eigenvalue weighted by Crippen LogP contribution is 2.38. The number of amides is 2. The summed E-state index contributed by atoms with van der Waals surface area (Å²) in [6, 6.07) is 9.00. The van der Waals surface area contributed by atoms with Crippen LogP contribution in [0.3, 0.4) is 0 Å². The Labute approximate surface area is 269 Å². The maximum absolute atomic E-state index is 14.5. The third kappa shape index (κ3) is 6.52. The number of piperazine rings is 1. The van der Waals surface area contributed by atoms with Gasteiger partial charge in [-0.3, -0.25) is 19.5 Å². The van der Waals surface area contributed by atoms with E-state index in [0.29, 0.717) is 37.5 Å². The number of benzene rings is 1. The minimum Gasteiger partial charge on any atom is -0.386 e. The third-order valence-corrected chi connectivity index (χ3v) is 9.82. The molecule has 6 rings (SSSR count). The minimum atomic E-state index is -1.21. The molecule has 2 aliphatic heterocycles. The van der Waals surface area contributed by atoms with Crippen molar-refractivity contribution in [3.05, 3.63) is 82.2 Å². The number of pyridine rings is 1. The number of halogens is 1. The second kappa shape index (κ2) is 12.8. The fraction of sp³-hybridized carbons (Fsp3) is 0.529. The molecule has 2 unspecified atom stereocenters. The Bertz CT molecular complexity index is 1560. The van der Waals surface area contributed by atoms with Crippen LogP contribution in [0.5, 0.6) is 0 Å². The summed E-state index contributed by atoms with van der Waals surface area (Å²) in [5.41, 5.74) is 4.10.